The molecule has 1 aliphatic rings. The summed E-state index contributed by atoms with van der Waals surface area (Å²) in [7, 11) is 1.32. The van der Waals surface area contributed by atoms with Crippen LogP contribution in [0.15, 0.2) is 48.5 Å². The number of hydrogen-bond donors (Lipinski definition) is 1. The molecule has 1 saturated heterocycles. The highest BCUT2D eigenvalue weighted by molar-refractivity contribution is 5.97. The Morgan fingerprint density at radius 2 is 1.85 bits per heavy atom. The predicted octanol–water partition coefficient (Wildman–Crippen LogP) is 2.77. The summed E-state index contributed by atoms with van der Waals surface area (Å²) in [5.74, 6) is -1.02. The average molecular weight is 366 g/mol. The van der Waals surface area contributed by atoms with Crippen molar-refractivity contribution in [3.05, 3.63) is 65.2 Å². The van der Waals surface area contributed by atoms with Gasteiger partial charge in [0, 0.05) is 25.2 Å². The van der Waals surface area contributed by atoms with E-state index in [1.165, 1.54) is 7.11 Å². The van der Waals surface area contributed by atoms with E-state index in [0.717, 1.165) is 11.1 Å². The predicted molar refractivity (Wildman–Crippen MR) is 101 cm³/mol. The fourth-order valence-corrected chi connectivity index (χ4v) is 3.15. The second-order valence-electron chi connectivity index (χ2n) is 6.66. The van der Waals surface area contributed by atoms with Crippen LogP contribution in [0.5, 0.6) is 0 Å². The van der Waals surface area contributed by atoms with E-state index in [4.69, 9.17) is 0 Å². The fraction of sp³-hybridized carbons (Fsp3) is 0.286. The molecule has 0 spiro atoms. The van der Waals surface area contributed by atoms with Crippen LogP contribution in [-0.4, -0.2) is 36.3 Å². The number of aryl methyl sites for hydroxylation is 1. The Balaban J connectivity index is 1.60. The van der Waals surface area contributed by atoms with Gasteiger partial charge in [-0.2, -0.15) is 0 Å². The Morgan fingerprint density at radius 3 is 2.52 bits per heavy atom. The molecule has 6 nitrogen and oxygen atoms in total. The van der Waals surface area contributed by atoms with Gasteiger partial charge in [-0.05, 0) is 42.3 Å². The lowest BCUT2D eigenvalue weighted by atomic mass is 10.1. The lowest BCUT2D eigenvalue weighted by Gasteiger charge is -2.18. The molecule has 2 aromatic rings. The van der Waals surface area contributed by atoms with Crippen LogP contribution in [0.1, 0.15) is 27.9 Å². The van der Waals surface area contributed by atoms with E-state index in [2.05, 4.69) is 10.1 Å². The molecule has 0 aliphatic carbocycles. The van der Waals surface area contributed by atoms with Crippen LogP contribution in [0.3, 0.4) is 0 Å². The number of methoxy groups -OCH3 is 1. The maximum absolute atomic E-state index is 12.5. The molecule has 2 aromatic carbocycles. The number of ether oxygens (including phenoxy) is 1. The minimum Gasteiger partial charge on any atom is -0.465 e. The van der Waals surface area contributed by atoms with Gasteiger partial charge < -0.3 is 15.0 Å². The van der Waals surface area contributed by atoms with E-state index in [1.54, 1.807) is 29.2 Å². The molecule has 1 atom stereocenters. The van der Waals surface area contributed by atoms with Gasteiger partial charge in [-0.1, -0.05) is 24.3 Å². The summed E-state index contributed by atoms with van der Waals surface area (Å²) in [5.41, 5.74) is 3.21. The number of carbonyl (C=O) groups is 3. The molecule has 0 bridgehead atoms. The molecular weight excluding hydrogens is 344 g/mol. The topological polar surface area (TPSA) is 75.7 Å². The van der Waals surface area contributed by atoms with Crippen LogP contribution in [0.4, 0.5) is 5.69 Å². The van der Waals surface area contributed by atoms with Crippen molar-refractivity contribution in [3.8, 4) is 0 Å². The van der Waals surface area contributed by atoms with Crippen molar-refractivity contribution in [2.45, 2.75) is 19.9 Å². The van der Waals surface area contributed by atoms with Crippen LogP contribution < -0.4 is 5.32 Å². The third kappa shape index (κ3) is 4.34. The van der Waals surface area contributed by atoms with Gasteiger partial charge in [0.05, 0.1) is 18.6 Å². The average Bonchev–Trinajstić information content (AvgIpc) is 3.04. The van der Waals surface area contributed by atoms with E-state index in [-0.39, 0.29) is 24.2 Å². The lowest BCUT2D eigenvalue weighted by molar-refractivity contribution is -0.128. The molecule has 6 heteroatoms. The van der Waals surface area contributed by atoms with Gasteiger partial charge in [0.1, 0.15) is 0 Å². The highest BCUT2D eigenvalue weighted by atomic mass is 16.5. The molecule has 1 unspecified atom stereocenters. The summed E-state index contributed by atoms with van der Waals surface area (Å²) < 4.78 is 4.65. The summed E-state index contributed by atoms with van der Waals surface area (Å²) in [4.78, 5) is 38.0. The van der Waals surface area contributed by atoms with Crippen molar-refractivity contribution in [1.29, 1.82) is 0 Å². The Hall–Kier alpha value is -3.15. The van der Waals surface area contributed by atoms with Gasteiger partial charge >= 0.3 is 5.97 Å². The standard InChI is InChI=1S/C21H22N2O4/c1-14-5-3-4-6-16(14)12-23-13-17(11-19(23)24)20(25)22-18-9-7-15(8-10-18)21(26)27-2/h3-10,17H,11-13H2,1-2H3,(H,22,25). The maximum atomic E-state index is 12.5. The van der Waals surface area contributed by atoms with Crippen molar-refractivity contribution in [3.63, 3.8) is 0 Å². The number of rotatable bonds is 5. The number of nitrogens with zero attached hydrogens (tertiary/aromatic N) is 1. The zero-order valence-corrected chi connectivity index (χ0v) is 15.4. The van der Waals surface area contributed by atoms with E-state index in [1.807, 2.05) is 31.2 Å². The number of hydrogen-bond acceptors (Lipinski definition) is 4. The second kappa shape index (κ2) is 8.03. The molecule has 1 aliphatic heterocycles. The molecule has 0 aromatic heterocycles. The molecular formula is C21H22N2O4. The third-order valence-corrected chi connectivity index (χ3v) is 4.78. The summed E-state index contributed by atoms with van der Waals surface area (Å²) in [6.07, 6.45) is 0.206. The van der Waals surface area contributed by atoms with Gasteiger partial charge in [-0.15, -0.1) is 0 Å². The van der Waals surface area contributed by atoms with Crippen LogP contribution in [0, 0.1) is 12.8 Å². The molecule has 0 radical (unpaired) electrons. The smallest absolute Gasteiger partial charge is 0.337 e. The first kappa shape index (κ1) is 18.6. The molecule has 1 fully saturated rings. The van der Waals surface area contributed by atoms with Crippen LogP contribution in [-0.2, 0) is 20.9 Å². The number of amides is 2. The molecule has 0 saturated carbocycles. The van der Waals surface area contributed by atoms with Crippen molar-refractivity contribution < 1.29 is 19.1 Å². The molecule has 27 heavy (non-hydrogen) atoms. The largest absolute Gasteiger partial charge is 0.465 e. The minimum atomic E-state index is -0.430. The van der Waals surface area contributed by atoms with Crippen LogP contribution >= 0.6 is 0 Å². The van der Waals surface area contributed by atoms with E-state index in [0.29, 0.717) is 24.3 Å². The first-order valence-electron chi connectivity index (χ1n) is 8.79. The highest BCUT2D eigenvalue weighted by Gasteiger charge is 2.34. The molecule has 1 N–H and O–H groups in total. The first-order valence-corrected chi connectivity index (χ1v) is 8.79. The summed E-state index contributed by atoms with van der Waals surface area (Å²) in [6, 6.07) is 14.4. The minimum absolute atomic E-state index is 0.0144. The molecule has 2 amide bonds. The maximum Gasteiger partial charge on any atom is 0.337 e. The van der Waals surface area contributed by atoms with Crippen molar-refractivity contribution >= 4 is 23.5 Å². The number of carbonyl (C=O) groups excluding carboxylic acids is 3. The van der Waals surface area contributed by atoms with Crippen molar-refractivity contribution in [1.82, 2.24) is 4.90 Å². The first-order chi connectivity index (χ1) is 13.0. The fourth-order valence-electron chi connectivity index (χ4n) is 3.15. The van der Waals surface area contributed by atoms with Gasteiger partial charge in [-0.25, -0.2) is 4.79 Å². The van der Waals surface area contributed by atoms with Crippen LogP contribution in [0.2, 0.25) is 0 Å². The van der Waals surface area contributed by atoms with Gasteiger partial charge in [-0.3, -0.25) is 9.59 Å². The number of benzene rings is 2. The number of esters is 1. The Morgan fingerprint density at radius 1 is 1.15 bits per heavy atom. The second-order valence-corrected chi connectivity index (χ2v) is 6.66. The third-order valence-electron chi connectivity index (χ3n) is 4.78. The molecule has 1 heterocycles. The zero-order chi connectivity index (χ0) is 19.4. The molecule has 3 rings (SSSR count). The normalized spacial score (nSPS) is 16.3. The van der Waals surface area contributed by atoms with Crippen molar-refractivity contribution in [2.24, 2.45) is 5.92 Å². The Bertz CT molecular complexity index is 861. The number of likely N-dealkylation sites (tertiary alicyclic amines) is 1. The lowest BCUT2D eigenvalue weighted by Crippen LogP contribution is -2.28. The number of nitrogens with one attached hydrogen (secondary N) is 1. The zero-order valence-electron chi connectivity index (χ0n) is 15.4. The van der Waals surface area contributed by atoms with Gasteiger partial charge in [0.25, 0.3) is 0 Å². The monoisotopic (exact) mass is 366 g/mol. The van der Waals surface area contributed by atoms with Crippen molar-refractivity contribution in [2.75, 3.05) is 19.0 Å². The quantitative estimate of drug-likeness (QED) is 0.826. The number of anilines is 1. The van der Waals surface area contributed by atoms with Gasteiger partial charge in [0.15, 0.2) is 0 Å². The highest BCUT2D eigenvalue weighted by Crippen LogP contribution is 2.23. The van der Waals surface area contributed by atoms with Gasteiger partial charge in [0.2, 0.25) is 11.8 Å². The summed E-state index contributed by atoms with van der Waals surface area (Å²) in [6.45, 7) is 2.93. The summed E-state index contributed by atoms with van der Waals surface area (Å²) in [5, 5.41) is 2.81. The Kier molecular flexibility index (Phi) is 5.54. The summed E-state index contributed by atoms with van der Waals surface area (Å²) >= 11 is 0. The molecule has 140 valence electrons. The van der Waals surface area contributed by atoms with Crippen LogP contribution in [0.25, 0.3) is 0 Å². The van der Waals surface area contributed by atoms with E-state index < -0.39 is 5.97 Å². The Labute approximate surface area is 158 Å². The van der Waals surface area contributed by atoms with E-state index in [9.17, 15) is 14.4 Å². The SMILES string of the molecule is COC(=O)c1ccc(NC(=O)C2CC(=O)N(Cc3ccccc3C)C2)cc1. The van der Waals surface area contributed by atoms with E-state index >= 15 is 0 Å².